The lowest BCUT2D eigenvalue weighted by Crippen LogP contribution is -2.33. The molecule has 4 aromatic rings. The predicted octanol–water partition coefficient (Wildman–Crippen LogP) is 2.80. The third kappa shape index (κ3) is 3.57. The zero-order chi connectivity index (χ0) is 24.4. The van der Waals surface area contributed by atoms with Crippen molar-refractivity contribution in [3.63, 3.8) is 0 Å². The van der Waals surface area contributed by atoms with Gasteiger partial charge in [-0.25, -0.2) is 22.9 Å². The summed E-state index contributed by atoms with van der Waals surface area (Å²) < 4.78 is 38.7. The van der Waals surface area contributed by atoms with E-state index < -0.39 is 10.0 Å². The van der Waals surface area contributed by atoms with Crippen molar-refractivity contribution in [2.24, 2.45) is 14.1 Å². The number of fused-ring (bicyclic) bond motifs is 2. The van der Waals surface area contributed by atoms with E-state index in [1.165, 1.54) is 7.05 Å². The Kier molecular flexibility index (Phi) is 5.23. The third-order valence-corrected chi connectivity index (χ3v) is 8.22. The minimum Gasteiger partial charge on any atom is -0.376 e. The largest absolute Gasteiger partial charge is 0.376 e. The Morgan fingerprint density at radius 3 is 2.50 bits per heavy atom. The monoisotopic (exact) mass is 483 g/mol. The van der Waals surface area contributed by atoms with E-state index in [1.807, 2.05) is 22.8 Å². The van der Waals surface area contributed by atoms with Crippen LogP contribution < -0.4 is 10.4 Å². The summed E-state index contributed by atoms with van der Waals surface area (Å²) in [5.74, 6) is 1.00. The molecular formula is C24H29N5O4S. The van der Waals surface area contributed by atoms with Crippen molar-refractivity contribution >= 4 is 32.1 Å². The maximum Gasteiger partial charge on any atom is 0.328 e. The van der Waals surface area contributed by atoms with E-state index in [0.29, 0.717) is 12.1 Å². The van der Waals surface area contributed by atoms with Gasteiger partial charge in [0.15, 0.2) is 0 Å². The summed E-state index contributed by atoms with van der Waals surface area (Å²) in [6.07, 6.45) is 1.62. The van der Waals surface area contributed by atoms with Crippen LogP contribution in [0.5, 0.6) is 0 Å². The first-order valence-electron chi connectivity index (χ1n) is 11.3. The number of rotatable bonds is 4. The summed E-state index contributed by atoms with van der Waals surface area (Å²) in [5, 5.41) is 0. The normalized spacial score (nSPS) is 18.7. The van der Waals surface area contributed by atoms with Gasteiger partial charge in [-0.2, -0.15) is 0 Å². The quantitative estimate of drug-likeness (QED) is 0.481. The van der Waals surface area contributed by atoms with Gasteiger partial charge in [0, 0.05) is 32.3 Å². The van der Waals surface area contributed by atoms with Gasteiger partial charge >= 0.3 is 5.69 Å². The average molecular weight is 484 g/mol. The number of nitrogens with zero attached hydrogens (tertiary/aromatic N) is 4. The first-order valence-corrected chi connectivity index (χ1v) is 12.8. The Balaban J connectivity index is 1.80. The molecule has 2 aromatic heterocycles. The van der Waals surface area contributed by atoms with Gasteiger partial charge in [-0.3, -0.25) is 13.7 Å². The maximum absolute atomic E-state index is 12.5. The van der Waals surface area contributed by atoms with Gasteiger partial charge in [-0.15, -0.1) is 0 Å². The SMILES string of the molecule is CNS(=O)(=O)c1ccc2nc(C3CCOC(C)(C)C3)n(-c3ccc4c(c3)n(C)c(=O)n4C)c2c1. The molecule has 0 spiro atoms. The molecule has 0 amide bonds. The van der Waals surface area contributed by atoms with Gasteiger partial charge in [-0.1, -0.05) is 0 Å². The molecule has 0 radical (unpaired) electrons. The van der Waals surface area contributed by atoms with Crippen molar-refractivity contribution in [1.82, 2.24) is 23.4 Å². The van der Waals surface area contributed by atoms with Crippen molar-refractivity contribution in [2.75, 3.05) is 13.7 Å². The fraction of sp³-hybridized carbons (Fsp3) is 0.417. The fourth-order valence-corrected chi connectivity index (χ4v) is 5.74. The molecule has 1 aliphatic heterocycles. The van der Waals surface area contributed by atoms with Crippen molar-refractivity contribution in [3.8, 4) is 5.69 Å². The highest BCUT2D eigenvalue weighted by molar-refractivity contribution is 7.89. The summed E-state index contributed by atoms with van der Waals surface area (Å²) in [5.41, 5.74) is 3.50. The summed E-state index contributed by atoms with van der Waals surface area (Å²) in [6, 6.07) is 10.8. The van der Waals surface area contributed by atoms with Crippen molar-refractivity contribution in [1.29, 1.82) is 0 Å². The summed E-state index contributed by atoms with van der Waals surface area (Å²) in [7, 11) is 1.27. The Hall–Kier alpha value is -2.95. The molecule has 10 heteroatoms. The van der Waals surface area contributed by atoms with E-state index in [2.05, 4.69) is 18.6 Å². The van der Waals surface area contributed by atoms with Crippen LogP contribution in [0.15, 0.2) is 46.1 Å². The number of aromatic nitrogens is 4. The van der Waals surface area contributed by atoms with Crippen LogP contribution in [0, 0.1) is 0 Å². The molecule has 0 saturated carbocycles. The minimum atomic E-state index is -3.63. The van der Waals surface area contributed by atoms with Gasteiger partial charge in [-0.05, 0) is 70.1 Å². The lowest BCUT2D eigenvalue weighted by molar-refractivity contribution is -0.0604. The van der Waals surface area contributed by atoms with Crippen molar-refractivity contribution in [2.45, 2.75) is 43.1 Å². The first kappa shape index (κ1) is 22.8. The van der Waals surface area contributed by atoms with Gasteiger partial charge in [0.1, 0.15) is 5.82 Å². The van der Waals surface area contributed by atoms with E-state index in [0.717, 1.165) is 40.9 Å². The van der Waals surface area contributed by atoms with Crippen LogP contribution in [-0.2, 0) is 28.9 Å². The second kappa shape index (κ2) is 7.79. The maximum atomic E-state index is 12.5. The van der Waals surface area contributed by atoms with Gasteiger partial charge in [0.05, 0.1) is 32.6 Å². The van der Waals surface area contributed by atoms with Crippen molar-refractivity contribution < 1.29 is 13.2 Å². The van der Waals surface area contributed by atoms with E-state index >= 15 is 0 Å². The number of imidazole rings is 2. The number of benzene rings is 2. The Bertz CT molecular complexity index is 1590. The van der Waals surface area contributed by atoms with Crippen LogP contribution in [0.1, 0.15) is 38.4 Å². The Morgan fingerprint density at radius 2 is 1.79 bits per heavy atom. The number of sulfonamides is 1. The fourth-order valence-electron chi connectivity index (χ4n) is 4.99. The molecule has 1 aliphatic rings. The van der Waals surface area contributed by atoms with E-state index in [4.69, 9.17) is 9.72 Å². The molecule has 1 atom stereocenters. The van der Waals surface area contributed by atoms with Crippen LogP contribution in [0.25, 0.3) is 27.8 Å². The lowest BCUT2D eigenvalue weighted by Gasteiger charge is -2.35. The molecule has 3 heterocycles. The molecule has 1 saturated heterocycles. The van der Waals surface area contributed by atoms with Crippen LogP contribution >= 0.6 is 0 Å². The number of aryl methyl sites for hydroxylation is 2. The highest BCUT2D eigenvalue weighted by atomic mass is 32.2. The van der Waals surface area contributed by atoms with Gasteiger partial charge in [0.2, 0.25) is 10.0 Å². The molecular weight excluding hydrogens is 454 g/mol. The van der Waals surface area contributed by atoms with Gasteiger partial charge < -0.3 is 4.74 Å². The minimum absolute atomic E-state index is 0.101. The summed E-state index contributed by atoms with van der Waals surface area (Å²) >= 11 is 0. The van der Waals surface area contributed by atoms with Crippen LogP contribution in [0.3, 0.4) is 0 Å². The molecule has 0 aliphatic carbocycles. The lowest BCUT2D eigenvalue weighted by atomic mass is 9.87. The highest BCUT2D eigenvalue weighted by Crippen LogP contribution is 2.38. The Labute approximate surface area is 198 Å². The molecule has 1 N–H and O–H groups in total. The van der Waals surface area contributed by atoms with Gasteiger partial charge in [0.25, 0.3) is 0 Å². The number of hydrogen-bond acceptors (Lipinski definition) is 5. The van der Waals surface area contributed by atoms with Crippen molar-refractivity contribution in [3.05, 3.63) is 52.7 Å². The molecule has 34 heavy (non-hydrogen) atoms. The van der Waals surface area contributed by atoms with Crippen LogP contribution in [0.4, 0.5) is 0 Å². The highest BCUT2D eigenvalue weighted by Gasteiger charge is 2.33. The Morgan fingerprint density at radius 1 is 1.06 bits per heavy atom. The molecule has 5 rings (SSSR count). The summed E-state index contributed by atoms with van der Waals surface area (Å²) in [6.45, 7) is 4.79. The topological polar surface area (TPSA) is 100 Å². The van der Waals surface area contributed by atoms with E-state index in [-0.39, 0.29) is 22.1 Å². The van der Waals surface area contributed by atoms with Crippen LogP contribution in [-0.4, -0.2) is 46.4 Å². The second-order valence-corrected chi connectivity index (χ2v) is 11.4. The number of nitrogens with one attached hydrogen (secondary N) is 1. The molecule has 2 aromatic carbocycles. The van der Waals surface area contributed by atoms with E-state index in [9.17, 15) is 13.2 Å². The smallest absolute Gasteiger partial charge is 0.328 e. The van der Waals surface area contributed by atoms with Crippen LogP contribution in [0.2, 0.25) is 0 Å². The number of ether oxygens (including phenoxy) is 1. The summed E-state index contributed by atoms with van der Waals surface area (Å²) in [4.78, 5) is 17.6. The molecule has 0 bridgehead atoms. The molecule has 180 valence electrons. The first-order chi connectivity index (χ1) is 16.0. The average Bonchev–Trinajstić information content (AvgIpc) is 3.29. The zero-order valence-corrected chi connectivity index (χ0v) is 20.8. The zero-order valence-electron chi connectivity index (χ0n) is 20.0. The van der Waals surface area contributed by atoms with E-state index in [1.54, 1.807) is 41.4 Å². The predicted molar refractivity (Wildman–Crippen MR) is 131 cm³/mol. The molecule has 1 fully saturated rings. The number of hydrogen-bond donors (Lipinski definition) is 1. The third-order valence-electron chi connectivity index (χ3n) is 6.81. The second-order valence-electron chi connectivity index (χ2n) is 9.53. The molecule has 1 unspecified atom stereocenters. The standard InChI is InChI=1S/C24H29N5O4S/c1-24(2)14-15(10-11-33-24)22-26-18-8-7-17(34(31,32)25-3)13-20(18)29(22)16-6-9-19-21(12-16)28(5)23(30)27(19)4/h6-9,12-13,15,25H,10-11,14H2,1-5H3. The molecule has 9 nitrogen and oxygen atoms in total.